The molecular weight excluding hydrogens is 228 g/mol. The highest BCUT2D eigenvalue weighted by atomic mass is 16.5. The van der Waals surface area contributed by atoms with Crippen molar-refractivity contribution in [2.75, 3.05) is 38.7 Å². The van der Waals surface area contributed by atoms with E-state index in [-0.39, 0.29) is 0 Å². The van der Waals surface area contributed by atoms with Gasteiger partial charge in [-0.15, -0.1) is 0 Å². The monoisotopic (exact) mass is 250 g/mol. The second kappa shape index (κ2) is 6.07. The first-order valence-electron chi connectivity index (χ1n) is 6.41. The molecular formula is C14H22N2O2. The van der Waals surface area contributed by atoms with Gasteiger partial charge in [-0.1, -0.05) is 0 Å². The van der Waals surface area contributed by atoms with Crippen LogP contribution in [0.3, 0.4) is 0 Å². The van der Waals surface area contributed by atoms with Gasteiger partial charge in [0.1, 0.15) is 5.75 Å². The SMILES string of the molecule is COc1ccc(NCC2COCCN2)c(C)c1C. The third-order valence-electron chi connectivity index (χ3n) is 3.49. The fraction of sp³-hybridized carbons (Fsp3) is 0.571. The van der Waals surface area contributed by atoms with Gasteiger partial charge in [-0.25, -0.2) is 0 Å². The predicted molar refractivity (Wildman–Crippen MR) is 73.6 cm³/mol. The van der Waals surface area contributed by atoms with Crippen molar-refractivity contribution in [3.05, 3.63) is 23.3 Å². The molecule has 1 aromatic rings. The minimum Gasteiger partial charge on any atom is -0.496 e. The van der Waals surface area contributed by atoms with Crippen LogP contribution in [0.5, 0.6) is 5.75 Å². The van der Waals surface area contributed by atoms with Crippen LogP contribution in [0.15, 0.2) is 12.1 Å². The van der Waals surface area contributed by atoms with E-state index < -0.39 is 0 Å². The molecule has 0 bridgehead atoms. The van der Waals surface area contributed by atoms with Crippen LogP contribution in [0.2, 0.25) is 0 Å². The molecule has 1 unspecified atom stereocenters. The minimum atomic E-state index is 0.389. The Hall–Kier alpha value is -1.26. The normalized spacial score (nSPS) is 19.6. The second-order valence-corrected chi connectivity index (χ2v) is 4.67. The van der Waals surface area contributed by atoms with Crippen LogP contribution in [0.1, 0.15) is 11.1 Å². The summed E-state index contributed by atoms with van der Waals surface area (Å²) in [4.78, 5) is 0. The lowest BCUT2D eigenvalue weighted by molar-refractivity contribution is 0.0806. The number of methoxy groups -OCH3 is 1. The summed E-state index contributed by atoms with van der Waals surface area (Å²) in [6.45, 7) is 7.62. The summed E-state index contributed by atoms with van der Waals surface area (Å²) < 4.78 is 10.8. The molecule has 4 heteroatoms. The molecule has 1 aliphatic heterocycles. The van der Waals surface area contributed by atoms with Gasteiger partial charge in [-0.3, -0.25) is 0 Å². The largest absolute Gasteiger partial charge is 0.496 e. The molecule has 1 fully saturated rings. The average molecular weight is 250 g/mol. The Kier molecular flexibility index (Phi) is 4.44. The van der Waals surface area contributed by atoms with E-state index in [1.165, 1.54) is 16.8 Å². The van der Waals surface area contributed by atoms with Gasteiger partial charge in [-0.2, -0.15) is 0 Å². The third-order valence-corrected chi connectivity index (χ3v) is 3.49. The van der Waals surface area contributed by atoms with Crippen molar-refractivity contribution in [1.29, 1.82) is 0 Å². The summed E-state index contributed by atoms with van der Waals surface area (Å²) in [6.07, 6.45) is 0. The Morgan fingerprint density at radius 2 is 2.22 bits per heavy atom. The second-order valence-electron chi connectivity index (χ2n) is 4.67. The molecule has 18 heavy (non-hydrogen) atoms. The molecule has 1 aromatic carbocycles. The zero-order chi connectivity index (χ0) is 13.0. The average Bonchev–Trinajstić information content (AvgIpc) is 2.42. The quantitative estimate of drug-likeness (QED) is 0.854. The Morgan fingerprint density at radius 1 is 1.39 bits per heavy atom. The zero-order valence-corrected chi connectivity index (χ0v) is 11.4. The first kappa shape index (κ1) is 13.2. The summed E-state index contributed by atoms with van der Waals surface area (Å²) in [5.74, 6) is 0.942. The van der Waals surface area contributed by atoms with Crippen molar-refractivity contribution in [3.8, 4) is 5.75 Å². The van der Waals surface area contributed by atoms with Crippen molar-refractivity contribution in [3.63, 3.8) is 0 Å². The maximum Gasteiger partial charge on any atom is 0.122 e. The van der Waals surface area contributed by atoms with Crippen LogP contribution in [0.25, 0.3) is 0 Å². The summed E-state index contributed by atoms with van der Waals surface area (Å²) in [5.41, 5.74) is 3.60. The van der Waals surface area contributed by atoms with E-state index in [0.717, 1.165) is 32.1 Å². The number of hydrogen-bond donors (Lipinski definition) is 2. The predicted octanol–water partition coefficient (Wildman–Crippen LogP) is 1.71. The topological polar surface area (TPSA) is 42.5 Å². The van der Waals surface area contributed by atoms with Gasteiger partial charge in [-0.05, 0) is 37.1 Å². The number of nitrogens with one attached hydrogen (secondary N) is 2. The van der Waals surface area contributed by atoms with Gasteiger partial charge >= 0.3 is 0 Å². The molecule has 2 rings (SSSR count). The van der Waals surface area contributed by atoms with Gasteiger partial charge < -0.3 is 20.1 Å². The number of morpholine rings is 1. The highest BCUT2D eigenvalue weighted by Gasteiger charge is 2.13. The number of benzene rings is 1. The summed E-state index contributed by atoms with van der Waals surface area (Å²) in [5, 5.41) is 6.91. The van der Waals surface area contributed by atoms with E-state index in [1.807, 2.05) is 6.07 Å². The first-order chi connectivity index (χ1) is 8.72. The molecule has 1 aliphatic rings. The van der Waals surface area contributed by atoms with Crippen molar-refractivity contribution >= 4 is 5.69 Å². The smallest absolute Gasteiger partial charge is 0.122 e. The van der Waals surface area contributed by atoms with Crippen molar-refractivity contribution < 1.29 is 9.47 Å². The molecule has 0 spiro atoms. The van der Waals surface area contributed by atoms with E-state index in [9.17, 15) is 0 Å². The van der Waals surface area contributed by atoms with E-state index >= 15 is 0 Å². The maximum atomic E-state index is 5.44. The Morgan fingerprint density at radius 3 is 2.89 bits per heavy atom. The van der Waals surface area contributed by atoms with E-state index in [1.54, 1.807) is 7.11 Å². The summed E-state index contributed by atoms with van der Waals surface area (Å²) in [7, 11) is 1.71. The molecule has 4 nitrogen and oxygen atoms in total. The Bertz CT molecular complexity index is 401. The first-order valence-corrected chi connectivity index (χ1v) is 6.41. The highest BCUT2D eigenvalue weighted by Crippen LogP contribution is 2.27. The molecule has 0 radical (unpaired) electrons. The molecule has 0 amide bonds. The number of anilines is 1. The zero-order valence-electron chi connectivity index (χ0n) is 11.4. The number of rotatable bonds is 4. The van der Waals surface area contributed by atoms with Gasteiger partial charge in [0.2, 0.25) is 0 Å². The summed E-state index contributed by atoms with van der Waals surface area (Å²) >= 11 is 0. The van der Waals surface area contributed by atoms with E-state index in [4.69, 9.17) is 9.47 Å². The van der Waals surface area contributed by atoms with E-state index in [2.05, 4.69) is 30.5 Å². The van der Waals surface area contributed by atoms with Crippen molar-refractivity contribution in [2.24, 2.45) is 0 Å². The molecule has 1 atom stereocenters. The lowest BCUT2D eigenvalue weighted by Gasteiger charge is -2.25. The Labute approximate surface area is 109 Å². The number of ether oxygens (including phenoxy) is 2. The van der Waals surface area contributed by atoms with Crippen molar-refractivity contribution in [2.45, 2.75) is 19.9 Å². The van der Waals surface area contributed by atoms with Crippen LogP contribution in [0, 0.1) is 13.8 Å². The molecule has 0 aliphatic carbocycles. The molecule has 0 saturated carbocycles. The van der Waals surface area contributed by atoms with Crippen molar-refractivity contribution in [1.82, 2.24) is 5.32 Å². The summed E-state index contributed by atoms with van der Waals surface area (Å²) in [6, 6.07) is 4.47. The standard InChI is InChI=1S/C14H22N2O2/c1-10-11(2)14(17-3)5-4-13(10)16-8-12-9-18-7-6-15-12/h4-5,12,15-16H,6-9H2,1-3H3. The maximum absolute atomic E-state index is 5.44. The van der Waals surface area contributed by atoms with Gasteiger partial charge in [0.05, 0.1) is 20.3 Å². The van der Waals surface area contributed by atoms with Crippen LogP contribution in [0.4, 0.5) is 5.69 Å². The third kappa shape index (κ3) is 2.94. The van der Waals surface area contributed by atoms with Crippen LogP contribution >= 0.6 is 0 Å². The van der Waals surface area contributed by atoms with Crippen LogP contribution in [-0.4, -0.2) is 39.5 Å². The molecule has 2 N–H and O–H groups in total. The van der Waals surface area contributed by atoms with Crippen LogP contribution in [-0.2, 0) is 4.74 Å². The Balaban J connectivity index is 1.98. The van der Waals surface area contributed by atoms with Gasteiger partial charge in [0, 0.05) is 24.8 Å². The fourth-order valence-corrected chi connectivity index (χ4v) is 2.19. The number of hydrogen-bond acceptors (Lipinski definition) is 4. The fourth-order valence-electron chi connectivity index (χ4n) is 2.19. The van der Waals surface area contributed by atoms with E-state index in [0.29, 0.717) is 6.04 Å². The molecule has 100 valence electrons. The van der Waals surface area contributed by atoms with Crippen LogP contribution < -0.4 is 15.4 Å². The lowest BCUT2D eigenvalue weighted by atomic mass is 10.1. The minimum absolute atomic E-state index is 0.389. The molecule has 1 heterocycles. The molecule has 1 saturated heterocycles. The van der Waals surface area contributed by atoms with Gasteiger partial charge in [0.15, 0.2) is 0 Å². The van der Waals surface area contributed by atoms with Gasteiger partial charge in [0.25, 0.3) is 0 Å². The highest BCUT2D eigenvalue weighted by molar-refractivity contribution is 5.58. The lowest BCUT2D eigenvalue weighted by Crippen LogP contribution is -2.45. The molecule has 0 aromatic heterocycles.